The molecule has 0 aliphatic heterocycles. The van der Waals surface area contributed by atoms with Crippen LogP contribution < -0.4 is 9.46 Å². The van der Waals surface area contributed by atoms with E-state index in [4.69, 9.17) is 4.74 Å². The lowest BCUT2D eigenvalue weighted by Crippen LogP contribution is -2.14. The molecule has 26 heavy (non-hydrogen) atoms. The molecule has 1 aliphatic rings. The molecule has 3 aromatic heterocycles. The number of hydrogen-bond donors (Lipinski definition) is 1. The molecule has 0 amide bonds. The highest BCUT2D eigenvalue weighted by Gasteiger charge is 2.30. The number of rotatable bonds is 5. The van der Waals surface area contributed by atoms with Gasteiger partial charge in [0.05, 0.1) is 24.5 Å². The summed E-state index contributed by atoms with van der Waals surface area (Å²) in [5, 5.41) is 4.04. The number of methoxy groups -OCH3 is 1. The summed E-state index contributed by atoms with van der Waals surface area (Å²) in [7, 11) is -2.65. The standard InChI is InChI=1S/C16H14BrFN4O3S/c1-25-16-12(6-11(18)15(20-16)9-2-3-9)21-26(23,24)14-7-19-22-8-10(17)4-5-13(14)22/h4-9,21H,2-3H2,1H3. The quantitative estimate of drug-likeness (QED) is 0.657. The van der Waals surface area contributed by atoms with E-state index in [0.717, 1.165) is 23.4 Å². The predicted molar refractivity (Wildman–Crippen MR) is 96.4 cm³/mol. The average Bonchev–Trinajstić information content (AvgIpc) is 3.33. The molecule has 0 bridgehead atoms. The molecule has 4 rings (SSSR count). The Hall–Kier alpha value is -2.20. The molecule has 1 fully saturated rings. The first-order valence-electron chi connectivity index (χ1n) is 7.79. The van der Waals surface area contributed by atoms with E-state index in [9.17, 15) is 12.8 Å². The van der Waals surface area contributed by atoms with Crippen molar-refractivity contribution in [2.45, 2.75) is 23.7 Å². The third-order valence-corrected chi connectivity index (χ3v) is 5.96. The smallest absolute Gasteiger partial charge is 0.265 e. The summed E-state index contributed by atoms with van der Waals surface area (Å²) in [6.07, 6.45) is 4.62. The zero-order valence-corrected chi connectivity index (χ0v) is 16.0. The number of sulfonamides is 1. The van der Waals surface area contributed by atoms with E-state index >= 15 is 0 Å². The molecule has 0 spiro atoms. The van der Waals surface area contributed by atoms with E-state index in [1.54, 1.807) is 18.3 Å². The summed E-state index contributed by atoms with van der Waals surface area (Å²) in [6.45, 7) is 0. The van der Waals surface area contributed by atoms with Crippen LogP contribution in [0.3, 0.4) is 0 Å². The van der Waals surface area contributed by atoms with Gasteiger partial charge in [0, 0.05) is 22.7 Å². The van der Waals surface area contributed by atoms with Gasteiger partial charge in [-0.25, -0.2) is 22.3 Å². The summed E-state index contributed by atoms with van der Waals surface area (Å²) in [5.74, 6) is -0.432. The Morgan fingerprint density at radius 3 is 2.85 bits per heavy atom. The van der Waals surface area contributed by atoms with Crippen LogP contribution in [-0.2, 0) is 10.0 Å². The van der Waals surface area contributed by atoms with Gasteiger partial charge in [0.15, 0.2) is 0 Å². The Balaban J connectivity index is 1.74. The van der Waals surface area contributed by atoms with Crippen LogP contribution in [0.5, 0.6) is 5.88 Å². The topological polar surface area (TPSA) is 85.6 Å². The largest absolute Gasteiger partial charge is 0.479 e. The molecule has 1 N–H and O–H groups in total. The minimum Gasteiger partial charge on any atom is -0.479 e. The molecule has 0 saturated heterocycles. The number of halogens is 2. The molecule has 3 aromatic rings. The maximum Gasteiger partial charge on any atom is 0.265 e. The Morgan fingerprint density at radius 1 is 1.38 bits per heavy atom. The van der Waals surface area contributed by atoms with E-state index in [1.807, 2.05) is 0 Å². The summed E-state index contributed by atoms with van der Waals surface area (Å²) in [5.41, 5.74) is 0.652. The number of nitrogens with one attached hydrogen (secondary N) is 1. The molecule has 0 radical (unpaired) electrons. The molecule has 0 atom stereocenters. The van der Waals surface area contributed by atoms with Crippen LogP contribution in [0.1, 0.15) is 24.5 Å². The van der Waals surface area contributed by atoms with Crippen LogP contribution in [0.2, 0.25) is 0 Å². The number of nitrogens with zero attached hydrogens (tertiary/aromatic N) is 3. The van der Waals surface area contributed by atoms with Crippen molar-refractivity contribution in [1.29, 1.82) is 0 Å². The maximum atomic E-state index is 14.3. The van der Waals surface area contributed by atoms with Crippen molar-refractivity contribution in [3.05, 3.63) is 46.6 Å². The SMILES string of the molecule is COc1nc(C2CC2)c(F)cc1NS(=O)(=O)c1cnn2cc(Br)ccc12. The van der Waals surface area contributed by atoms with E-state index in [0.29, 0.717) is 11.2 Å². The molecule has 0 aromatic carbocycles. The first-order chi connectivity index (χ1) is 12.4. The Kier molecular flexibility index (Phi) is 4.11. The zero-order valence-electron chi connectivity index (χ0n) is 13.6. The predicted octanol–water partition coefficient (Wildman–Crippen LogP) is 3.32. The number of hydrogen-bond acceptors (Lipinski definition) is 5. The van der Waals surface area contributed by atoms with Crippen molar-refractivity contribution in [3.63, 3.8) is 0 Å². The summed E-state index contributed by atoms with van der Waals surface area (Å²) >= 11 is 3.30. The van der Waals surface area contributed by atoms with E-state index < -0.39 is 15.8 Å². The first-order valence-corrected chi connectivity index (χ1v) is 10.1. The Morgan fingerprint density at radius 2 is 2.15 bits per heavy atom. The minimum absolute atomic E-state index is 0.0290. The molecule has 1 aliphatic carbocycles. The fraction of sp³-hybridized carbons (Fsp3) is 0.250. The van der Waals surface area contributed by atoms with Crippen LogP contribution in [-0.4, -0.2) is 30.1 Å². The number of fused-ring (bicyclic) bond motifs is 1. The van der Waals surface area contributed by atoms with Crippen LogP contribution in [0.25, 0.3) is 5.52 Å². The van der Waals surface area contributed by atoms with Crippen molar-refractivity contribution < 1.29 is 17.5 Å². The van der Waals surface area contributed by atoms with Gasteiger partial charge < -0.3 is 4.74 Å². The lowest BCUT2D eigenvalue weighted by Gasteiger charge is -2.12. The van der Waals surface area contributed by atoms with Gasteiger partial charge in [0.2, 0.25) is 5.88 Å². The van der Waals surface area contributed by atoms with Crippen molar-refractivity contribution in [2.24, 2.45) is 0 Å². The van der Waals surface area contributed by atoms with Crippen LogP contribution >= 0.6 is 15.9 Å². The first kappa shape index (κ1) is 17.2. The highest BCUT2D eigenvalue weighted by molar-refractivity contribution is 9.10. The fourth-order valence-corrected chi connectivity index (χ4v) is 4.19. The second kappa shape index (κ2) is 6.20. The molecular weight excluding hydrogens is 427 g/mol. The van der Waals surface area contributed by atoms with E-state index in [1.165, 1.54) is 17.8 Å². The fourth-order valence-electron chi connectivity index (χ4n) is 2.70. The Labute approximate surface area is 157 Å². The highest BCUT2D eigenvalue weighted by Crippen LogP contribution is 2.42. The summed E-state index contributed by atoms with van der Waals surface area (Å²) in [6, 6.07) is 4.44. The van der Waals surface area contributed by atoms with Gasteiger partial charge in [0.1, 0.15) is 16.4 Å². The maximum absolute atomic E-state index is 14.3. The monoisotopic (exact) mass is 440 g/mol. The lowest BCUT2D eigenvalue weighted by atomic mass is 10.2. The van der Waals surface area contributed by atoms with Gasteiger partial charge in [-0.15, -0.1) is 0 Å². The third-order valence-electron chi connectivity index (χ3n) is 4.10. The summed E-state index contributed by atoms with van der Waals surface area (Å²) in [4.78, 5) is 4.11. The molecule has 10 heteroatoms. The van der Waals surface area contributed by atoms with Gasteiger partial charge in [0.25, 0.3) is 10.0 Å². The van der Waals surface area contributed by atoms with Gasteiger partial charge >= 0.3 is 0 Å². The Bertz CT molecular complexity index is 1110. The van der Waals surface area contributed by atoms with Gasteiger partial charge in [-0.1, -0.05) is 0 Å². The van der Waals surface area contributed by atoms with Crippen molar-refractivity contribution in [2.75, 3.05) is 11.8 Å². The molecule has 1 saturated carbocycles. The lowest BCUT2D eigenvalue weighted by molar-refractivity contribution is 0.396. The number of ether oxygens (including phenoxy) is 1. The number of aromatic nitrogens is 3. The minimum atomic E-state index is -4.01. The third kappa shape index (κ3) is 3.03. The van der Waals surface area contributed by atoms with Crippen molar-refractivity contribution >= 4 is 37.2 Å². The normalized spacial score (nSPS) is 14.6. The highest BCUT2D eigenvalue weighted by atomic mass is 79.9. The van der Waals surface area contributed by atoms with Crippen LogP contribution in [0, 0.1) is 5.82 Å². The number of anilines is 1. The van der Waals surface area contributed by atoms with Gasteiger partial charge in [-0.3, -0.25) is 4.72 Å². The second-order valence-electron chi connectivity index (χ2n) is 5.98. The molecular formula is C16H14BrFN4O3S. The molecule has 136 valence electrons. The summed E-state index contributed by atoms with van der Waals surface area (Å²) < 4.78 is 49.6. The van der Waals surface area contributed by atoms with Crippen molar-refractivity contribution in [1.82, 2.24) is 14.6 Å². The van der Waals surface area contributed by atoms with Gasteiger partial charge in [-0.05, 0) is 40.9 Å². The average molecular weight is 441 g/mol. The second-order valence-corrected chi connectivity index (χ2v) is 8.54. The van der Waals surface area contributed by atoms with Gasteiger partial charge in [-0.2, -0.15) is 5.10 Å². The molecule has 7 nitrogen and oxygen atoms in total. The van der Waals surface area contributed by atoms with Crippen molar-refractivity contribution in [3.8, 4) is 5.88 Å². The zero-order chi connectivity index (χ0) is 18.5. The van der Waals surface area contributed by atoms with Crippen LogP contribution in [0.4, 0.5) is 10.1 Å². The molecule has 3 heterocycles. The van der Waals surface area contributed by atoms with E-state index in [-0.39, 0.29) is 22.4 Å². The van der Waals surface area contributed by atoms with E-state index in [2.05, 4.69) is 30.7 Å². The molecule has 0 unspecified atom stereocenters. The number of pyridine rings is 2. The van der Waals surface area contributed by atoms with Crippen LogP contribution in [0.15, 0.2) is 40.0 Å².